The van der Waals surface area contributed by atoms with Crippen LogP contribution in [0.25, 0.3) is 11.2 Å². The van der Waals surface area contributed by atoms with E-state index in [-0.39, 0.29) is 42.1 Å². The zero-order valence-corrected chi connectivity index (χ0v) is 17.5. The van der Waals surface area contributed by atoms with E-state index in [0.29, 0.717) is 16.9 Å². The van der Waals surface area contributed by atoms with Crippen molar-refractivity contribution in [3.8, 4) is 0 Å². The summed E-state index contributed by atoms with van der Waals surface area (Å²) in [4.78, 5) is 61.0. The third kappa shape index (κ3) is 5.78. The molecule has 0 aliphatic carbocycles. The van der Waals surface area contributed by atoms with Crippen LogP contribution in [0.15, 0.2) is 29.2 Å². The van der Waals surface area contributed by atoms with Gasteiger partial charge in [-0.1, -0.05) is 0 Å². The number of carboxylic acids is 2. The van der Waals surface area contributed by atoms with Gasteiger partial charge in [-0.3, -0.25) is 19.4 Å². The van der Waals surface area contributed by atoms with Crippen molar-refractivity contribution in [2.45, 2.75) is 32.4 Å². The molecule has 0 aliphatic heterocycles. The fourth-order valence-electron chi connectivity index (χ4n) is 3.04. The molecule has 13 heteroatoms. The number of nitrogens with zero attached hydrogens (tertiary/aromatic N) is 3. The average molecular weight is 455 g/mol. The summed E-state index contributed by atoms with van der Waals surface area (Å²) in [5.41, 5.74) is 7.12. The Morgan fingerprint density at radius 3 is 2.64 bits per heavy atom. The van der Waals surface area contributed by atoms with Crippen LogP contribution in [-0.2, 0) is 16.1 Å². The highest BCUT2D eigenvalue weighted by molar-refractivity contribution is 5.98. The number of carboxylic acid groups (broad SMARTS) is 2. The lowest BCUT2D eigenvalue weighted by molar-refractivity contribution is -0.140. The number of nitrogens with one attached hydrogen (secondary N) is 3. The Kier molecular flexibility index (Phi) is 6.81. The van der Waals surface area contributed by atoms with Crippen molar-refractivity contribution >= 4 is 40.6 Å². The highest BCUT2D eigenvalue weighted by Crippen LogP contribution is 2.17. The number of aryl methyl sites for hydroxylation is 1. The van der Waals surface area contributed by atoms with Gasteiger partial charge in [0, 0.05) is 17.7 Å². The second-order valence-electron chi connectivity index (χ2n) is 7.16. The SMILES string of the molecule is Cc1cc(NCc2cnc3nc(N)[nH]c(=O)c3n2)ccc1C(=O)N[C@@H](CCC(=O)O)C(=O)O. The predicted octanol–water partition coefficient (Wildman–Crippen LogP) is 0.264. The molecule has 1 amide bonds. The summed E-state index contributed by atoms with van der Waals surface area (Å²) in [6, 6.07) is 3.52. The number of hydrogen-bond acceptors (Lipinski definition) is 9. The minimum Gasteiger partial charge on any atom is -0.481 e. The number of carbonyl (C=O) groups excluding carboxylic acids is 1. The molecule has 0 saturated heterocycles. The first-order valence-corrected chi connectivity index (χ1v) is 9.75. The standard InChI is InChI=1S/C20H21N7O6/c1-9-6-10(2-3-12(9)17(30)25-13(19(32)33)4-5-14(28)29)22-7-11-8-23-16-15(24-11)18(31)27-20(21)26-16/h2-3,6,8,13,22H,4-5,7H2,1H3,(H,25,30)(H,28,29)(H,32,33)(H3,21,23,26,27,31)/t13-/m0/s1. The van der Waals surface area contributed by atoms with Gasteiger partial charge in [-0.15, -0.1) is 0 Å². The number of aliphatic carboxylic acids is 2. The van der Waals surface area contributed by atoms with Crippen molar-refractivity contribution in [3.05, 3.63) is 51.6 Å². The molecule has 3 aromatic rings. The molecule has 33 heavy (non-hydrogen) atoms. The highest BCUT2D eigenvalue weighted by Gasteiger charge is 2.22. The van der Waals surface area contributed by atoms with Crippen molar-refractivity contribution < 1.29 is 24.6 Å². The maximum Gasteiger partial charge on any atom is 0.326 e. The molecular formula is C20H21N7O6. The second kappa shape index (κ2) is 9.72. The van der Waals surface area contributed by atoms with Crippen LogP contribution >= 0.6 is 0 Å². The number of anilines is 2. The van der Waals surface area contributed by atoms with Crippen LogP contribution in [0.1, 0.15) is 34.5 Å². The van der Waals surface area contributed by atoms with Crippen molar-refractivity contribution in [2.75, 3.05) is 11.1 Å². The lowest BCUT2D eigenvalue weighted by Gasteiger charge is -2.15. The normalized spacial score (nSPS) is 11.7. The topological polar surface area (TPSA) is 213 Å². The summed E-state index contributed by atoms with van der Waals surface area (Å²) < 4.78 is 0. The molecule has 1 aromatic carbocycles. The van der Waals surface area contributed by atoms with Gasteiger partial charge < -0.3 is 26.6 Å². The molecular weight excluding hydrogens is 434 g/mol. The first-order valence-electron chi connectivity index (χ1n) is 9.75. The summed E-state index contributed by atoms with van der Waals surface area (Å²) in [7, 11) is 0. The molecule has 13 nitrogen and oxygen atoms in total. The quantitative estimate of drug-likeness (QED) is 0.257. The van der Waals surface area contributed by atoms with Crippen LogP contribution in [0.2, 0.25) is 0 Å². The van der Waals surface area contributed by atoms with E-state index in [4.69, 9.17) is 10.8 Å². The molecule has 0 saturated carbocycles. The largest absolute Gasteiger partial charge is 0.481 e. The summed E-state index contributed by atoms with van der Waals surface area (Å²) in [5, 5.41) is 23.4. The molecule has 0 unspecified atom stereocenters. The molecule has 3 rings (SSSR count). The van der Waals surface area contributed by atoms with Gasteiger partial charge in [0.1, 0.15) is 6.04 Å². The monoisotopic (exact) mass is 455 g/mol. The minimum absolute atomic E-state index is 0.0520. The molecule has 0 aliphatic rings. The number of carbonyl (C=O) groups is 3. The maximum absolute atomic E-state index is 12.5. The number of hydrogen-bond donors (Lipinski definition) is 6. The number of benzene rings is 1. The Morgan fingerprint density at radius 2 is 1.97 bits per heavy atom. The van der Waals surface area contributed by atoms with E-state index < -0.39 is 29.4 Å². The van der Waals surface area contributed by atoms with Crippen LogP contribution in [-0.4, -0.2) is 54.0 Å². The summed E-state index contributed by atoms with van der Waals surface area (Å²) >= 11 is 0. The summed E-state index contributed by atoms with van der Waals surface area (Å²) in [5.74, 6) is -3.14. The van der Waals surface area contributed by atoms with Gasteiger partial charge in [-0.2, -0.15) is 4.98 Å². The highest BCUT2D eigenvalue weighted by atomic mass is 16.4. The van der Waals surface area contributed by atoms with Gasteiger partial charge in [0.05, 0.1) is 18.4 Å². The number of nitrogen functional groups attached to an aromatic ring is 1. The molecule has 0 bridgehead atoms. The summed E-state index contributed by atoms with van der Waals surface area (Å²) in [6.07, 6.45) is 0.845. The average Bonchev–Trinajstić information content (AvgIpc) is 2.74. The number of rotatable bonds is 9. The van der Waals surface area contributed by atoms with Crippen molar-refractivity contribution in [1.82, 2.24) is 25.3 Å². The van der Waals surface area contributed by atoms with Gasteiger partial charge in [0.25, 0.3) is 11.5 Å². The van der Waals surface area contributed by atoms with Crippen LogP contribution in [0.3, 0.4) is 0 Å². The third-order valence-electron chi connectivity index (χ3n) is 4.68. The molecule has 2 heterocycles. The zero-order chi connectivity index (χ0) is 24.1. The third-order valence-corrected chi connectivity index (χ3v) is 4.68. The van der Waals surface area contributed by atoms with Crippen LogP contribution in [0.5, 0.6) is 0 Å². The van der Waals surface area contributed by atoms with Gasteiger partial charge in [0.15, 0.2) is 11.2 Å². The number of amides is 1. The van der Waals surface area contributed by atoms with E-state index in [2.05, 4.69) is 30.6 Å². The van der Waals surface area contributed by atoms with Crippen LogP contribution < -0.4 is 21.9 Å². The predicted molar refractivity (Wildman–Crippen MR) is 117 cm³/mol. The van der Waals surface area contributed by atoms with Gasteiger partial charge in [0.2, 0.25) is 5.95 Å². The Labute approximate surface area is 186 Å². The Morgan fingerprint density at radius 1 is 1.21 bits per heavy atom. The Hall–Kier alpha value is -4.55. The number of fused-ring (bicyclic) bond motifs is 1. The fraction of sp³-hybridized carbons (Fsp3) is 0.250. The first-order chi connectivity index (χ1) is 15.6. The van der Waals surface area contributed by atoms with E-state index in [0.717, 1.165) is 0 Å². The Balaban J connectivity index is 1.68. The number of nitrogens with two attached hydrogens (primary N) is 1. The minimum atomic E-state index is -1.31. The lowest BCUT2D eigenvalue weighted by Crippen LogP contribution is -2.41. The van der Waals surface area contributed by atoms with Gasteiger partial charge >= 0.3 is 11.9 Å². The fourth-order valence-corrected chi connectivity index (χ4v) is 3.04. The van der Waals surface area contributed by atoms with Gasteiger partial charge in [-0.05, 0) is 37.1 Å². The summed E-state index contributed by atoms with van der Waals surface area (Å²) in [6.45, 7) is 1.91. The second-order valence-corrected chi connectivity index (χ2v) is 7.16. The van der Waals surface area contributed by atoms with Crippen molar-refractivity contribution in [1.29, 1.82) is 0 Å². The van der Waals surface area contributed by atoms with E-state index in [1.54, 1.807) is 19.1 Å². The van der Waals surface area contributed by atoms with Crippen LogP contribution in [0.4, 0.5) is 11.6 Å². The Bertz CT molecular complexity index is 1290. The molecule has 172 valence electrons. The zero-order valence-electron chi connectivity index (χ0n) is 17.5. The van der Waals surface area contributed by atoms with Crippen molar-refractivity contribution in [2.24, 2.45) is 0 Å². The smallest absolute Gasteiger partial charge is 0.326 e. The lowest BCUT2D eigenvalue weighted by atomic mass is 10.1. The van der Waals surface area contributed by atoms with E-state index in [1.807, 2.05) is 0 Å². The number of H-pyrrole nitrogens is 1. The molecule has 2 aromatic heterocycles. The van der Waals surface area contributed by atoms with E-state index >= 15 is 0 Å². The van der Waals surface area contributed by atoms with Crippen LogP contribution in [0, 0.1) is 6.92 Å². The van der Waals surface area contributed by atoms with Crippen molar-refractivity contribution in [3.63, 3.8) is 0 Å². The first kappa shape index (κ1) is 23.1. The molecule has 1 atom stereocenters. The number of aromatic amines is 1. The van der Waals surface area contributed by atoms with E-state index in [9.17, 15) is 24.3 Å². The van der Waals surface area contributed by atoms with E-state index in [1.165, 1.54) is 12.3 Å². The molecule has 0 spiro atoms. The maximum atomic E-state index is 12.5. The molecule has 0 radical (unpaired) electrons. The number of aromatic nitrogens is 4. The van der Waals surface area contributed by atoms with Gasteiger partial charge in [-0.25, -0.2) is 14.8 Å². The molecule has 7 N–H and O–H groups in total. The molecule has 0 fully saturated rings.